The van der Waals surface area contributed by atoms with Gasteiger partial charge in [-0.1, -0.05) is 30.3 Å². The minimum atomic E-state index is -0.550. The molecular weight excluding hydrogens is 464 g/mol. The number of nitrogens with zero attached hydrogens (tertiary/aromatic N) is 4. The quantitative estimate of drug-likeness (QED) is 0.166. The van der Waals surface area contributed by atoms with E-state index in [1.54, 1.807) is 0 Å². The lowest BCUT2D eigenvalue weighted by atomic mass is 10.2. The van der Waals surface area contributed by atoms with Crippen molar-refractivity contribution in [3.63, 3.8) is 0 Å². The van der Waals surface area contributed by atoms with Gasteiger partial charge in [0.05, 0.1) is 32.3 Å². The van der Waals surface area contributed by atoms with E-state index in [0.717, 1.165) is 11.0 Å². The molecule has 1 heterocycles. The van der Waals surface area contributed by atoms with Crippen molar-refractivity contribution in [2.45, 2.75) is 0 Å². The number of hydrazone groups is 1. The molecule has 10 heteroatoms. The summed E-state index contributed by atoms with van der Waals surface area (Å²) < 4.78 is 0.193. The normalized spacial score (nSPS) is 11.8. The van der Waals surface area contributed by atoms with Crippen molar-refractivity contribution >= 4 is 50.4 Å². The molecule has 0 amide bonds. The first-order valence-corrected chi connectivity index (χ1v) is 9.85. The summed E-state index contributed by atoms with van der Waals surface area (Å²) in [5, 5.41) is 25.4. The molecule has 0 aliphatic carbocycles. The number of phenols is 1. The Kier molecular flexibility index (Phi) is 5.72. The van der Waals surface area contributed by atoms with Crippen LogP contribution in [0.2, 0.25) is 0 Å². The minimum Gasteiger partial charge on any atom is -0.506 e. The third-order valence-electron chi connectivity index (χ3n) is 4.27. The summed E-state index contributed by atoms with van der Waals surface area (Å²) in [6.45, 7) is 0. The van der Waals surface area contributed by atoms with Gasteiger partial charge in [-0.3, -0.25) is 15.5 Å². The molecule has 0 bridgehead atoms. The number of aromatic amines is 1. The van der Waals surface area contributed by atoms with Crippen LogP contribution in [0, 0.1) is 10.1 Å². The molecule has 0 saturated heterocycles. The molecule has 0 saturated carbocycles. The van der Waals surface area contributed by atoms with Crippen LogP contribution in [0.1, 0.15) is 11.4 Å². The molecule has 0 aliphatic rings. The Morgan fingerprint density at radius 1 is 1.16 bits per heavy atom. The van der Waals surface area contributed by atoms with Crippen molar-refractivity contribution in [1.29, 1.82) is 0 Å². The van der Waals surface area contributed by atoms with Gasteiger partial charge in [0, 0.05) is 17.7 Å². The van der Waals surface area contributed by atoms with Crippen LogP contribution >= 0.6 is 15.9 Å². The minimum absolute atomic E-state index is 0.164. The number of nitro groups is 1. The maximum atomic E-state index is 11.1. The number of benzene rings is 3. The zero-order chi connectivity index (χ0) is 21.8. The van der Waals surface area contributed by atoms with Crippen molar-refractivity contribution in [2.24, 2.45) is 10.1 Å². The molecule has 154 valence electrons. The van der Waals surface area contributed by atoms with Crippen LogP contribution in [-0.2, 0) is 0 Å². The fourth-order valence-electron chi connectivity index (χ4n) is 2.80. The Labute approximate surface area is 184 Å². The van der Waals surface area contributed by atoms with Gasteiger partial charge in [-0.05, 0) is 40.2 Å². The van der Waals surface area contributed by atoms with Crippen LogP contribution in [-0.4, -0.2) is 32.0 Å². The number of phenolic OH excluding ortho intramolecular Hbond substituents is 1. The lowest BCUT2D eigenvalue weighted by molar-refractivity contribution is -0.385. The number of hydrogen-bond acceptors (Lipinski definition) is 6. The fraction of sp³-hybridized carbons (Fsp3) is 0. The molecular formula is C21H15BrN6O3. The number of imidazole rings is 1. The van der Waals surface area contributed by atoms with Crippen molar-refractivity contribution in [2.75, 3.05) is 0 Å². The van der Waals surface area contributed by atoms with E-state index >= 15 is 0 Å². The van der Waals surface area contributed by atoms with Crippen LogP contribution in [0.25, 0.3) is 11.0 Å². The fourth-order valence-corrected chi connectivity index (χ4v) is 3.26. The number of nitrogens with one attached hydrogen (secondary N) is 2. The predicted octanol–water partition coefficient (Wildman–Crippen LogP) is 4.64. The largest absolute Gasteiger partial charge is 0.506 e. The van der Waals surface area contributed by atoms with Gasteiger partial charge in [0.15, 0.2) is 11.7 Å². The average molecular weight is 479 g/mol. The number of non-ortho nitro benzene ring substituents is 1. The average Bonchev–Trinajstić information content (AvgIpc) is 3.20. The highest BCUT2D eigenvalue weighted by Gasteiger charge is 2.14. The molecule has 3 N–H and O–H groups in total. The van der Waals surface area contributed by atoms with Crippen molar-refractivity contribution in [1.82, 2.24) is 15.4 Å². The summed E-state index contributed by atoms with van der Waals surface area (Å²) in [6, 6.07) is 19.3. The van der Waals surface area contributed by atoms with E-state index in [0.29, 0.717) is 17.3 Å². The predicted molar refractivity (Wildman–Crippen MR) is 122 cm³/mol. The van der Waals surface area contributed by atoms with Gasteiger partial charge in [-0.15, -0.1) is 0 Å². The summed E-state index contributed by atoms with van der Waals surface area (Å²) in [5.41, 5.74) is 5.09. The highest BCUT2D eigenvalue weighted by atomic mass is 79.9. The van der Waals surface area contributed by atoms with Crippen LogP contribution < -0.4 is 5.43 Å². The van der Waals surface area contributed by atoms with Crippen LogP contribution in [0.5, 0.6) is 5.75 Å². The standard InChI is InChI=1S/C21H15BrN6O3/c22-16-11-15(28(30)31)10-13(19(16)29)12-23-27-21(24-14-6-2-1-3-7-14)20-25-17-8-4-5-9-18(17)26-20/h1-12,29H,(H,24,27)(H,25,26)/b23-12+. The van der Waals surface area contributed by atoms with Crippen molar-refractivity contribution in [3.8, 4) is 5.75 Å². The molecule has 9 nitrogen and oxygen atoms in total. The Hall–Kier alpha value is -4.05. The van der Waals surface area contributed by atoms with Crippen LogP contribution in [0.15, 0.2) is 81.3 Å². The number of para-hydroxylation sites is 3. The van der Waals surface area contributed by atoms with Crippen LogP contribution in [0.3, 0.4) is 0 Å². The number of nitro benzene ring substituents is 1. The summed E-state index contributed by atoms with van der Waals surface area (Å²) in [4.78, 5) is 22.8. The van der Waals surface area contributed by atoms with Crippen molar-refractivity contribution in [3.05, 3.63) is 92.7 Å². The van der Waals surface area contributed by atoms with E-state index < -0.39 is 4.92 Å². The summed E-state index contributed by atoms with van der Waals surface area (Å²) in [6.07, 6.45) is 1.27. The molecule has 0 spiro atoms. The smallest absolute Gasteiger partial charge is 0.271 e. The van der Waals surface area contributed by atoms with E-state index in [2.05, 4.69) is 41.4 Å². The zero-order valence-corrected chi connectivity index (χ0v) is 17.4. The van der Waals surface area contributed by atoms with E-state index in [1.165, 1.54) is 18.3 Å². The third kappa shape index (κ3) is 4.59. The Bertz CT molecular complexity index is 1280. The highest BCUT2D eigenvalue weighted by molar-refractivity contribution is 9.10. The summed E-state index contributed by atoms with van der Waals surface area (Å²) in [5.74, 6) is 0.635. The molecule has 0 aliphatic heterocycles. The number of aromatic nitrogens is 2. The second-order valence-electron chi connectivity index (χ2n) is 6.39. The number of amidine groups is 1. The number of rotatable bonds is 5. The van der Waals surface area contributed by atoms with E-state index in [9.17, 15) is 15.2 Å². The van der Waals surface area contributed by atoms with Gasteiger partial charge in [0.2, 0.25) is 0 Å². The number of aromatic hydroxyl groups is 1. The lowest BCUT2D eigenvalue weighted by Gasteiger charge is -2.04. The van der Waals surface area contributed by atoms with Gasteiger partial charge in [0.1, 0.15) is 5.75 Å². The number of H-pyrrole nitrogens is 1. The molecule has 4 aromatic rings. The second kappa shape index (κ2) is 8.76. The van der Waals surface area contributed by atoms with Crippen LogP contribution in [0.4, 0.5) is 11.4 Å². The van der Waals surface area contributed by atoms with E-state index in [1.807, 2.05) is 54.6 Å². The van der Waals surface area contributed by atoms with Gasteiger partial charge >= 0.3 is 0 Å². The number of aliphatic imine (C=N–C) groups is 1. The molecule has 1 aromatic heterocycles. The zero-order valence-electron chi connectivity index (χ0n) is 15.9. The molecule has 0 atom stereocenters. The maximum Gasteiger partial charge on any atom is 0.271 e. The van der Waals surface area contributed by atoms with Gasteiger partial charge in [-0.25, -0.2) is 9.98 Å². The lowest BCUT2D eigenvalue weighted by Crippen LogP contribution is -2.20. The maximum absolute atomic E-state index is 11.1. The monoisotopic (exact) mass is 478 g/mol. The second-order valence-corrected chi connectivity index (χ2v) is 7.25. The van der Waals surface area contributed by atoms with E-state index in [-0.39, 0.29) is 21.5 Å². The van der Waals surface area contributed by atoms with Gasteiger partial charge in [-0.2, -0.15) is 5.10 Å². The first kappa shape index (κ1) is 20.2. The summed E-state index contributed by atoms with van der Waals surface area (Å²) in [7, 11) is 0. The molecule has 0 unspecified atom stereocenters. The van der Waals surface area contributed by atoms with E-state index in [4.69, 9.17) is 0 Å². The number of fused-ring (bicyclic) bond motifs is 1. The molecule has 31 heavy (non-hydrogen) atoms. The first-order valence-electron chi connectivity index (χ1n) is 9.06. The Morgan fingerprint density at radius 2 is 1.90 bits per heavy atom. The van der Waals surface area contributed by atoms with Gasteiger partial charge in [0.25, 0.3) is 5.69 Å². The SMILES string of the molecule is O=[N+]([O-])c1cc(Br)c(O)c(/C=N/NC(=Nc2ccccc2)c2nc3ccccc3[nH]2)c1. The molecule has 0 fully saturated rings. The molecule has 0 radical (unpaired) electrons. The third-order valence-corrected chi connectivity index (χ3v) is 4.88. The molecule has 3 aromatic carbocycles. The van der Waals surface area contributed by atoms with Crippen molar-refractivity contribution < 1.29 is 10.0 Å². The number of halogens is 1. The Morgan fingerprint density at radius 3 is 2.65 bits per heavy atom. The molecule has 4 rings (SSSR count). The summed E-state index contributed by atoms with van der Waals surface area (Å²) >= 11 is 3.11. The van der Waals surface area contributed by atoms with Gasteiger partial charge < -0.3 is 10.1 Å². The number of hydrogen-bond donors (Lipinski definition) is 3. The topological polar surface area (TPSA) is 129 Å². The Balaban J connectivity index is 1.69. The highest BCUT2D eigenvalue weighted by Crippen LogP contribution is 2.31. The first-order chi connectivity index (χ1) is 15.0.